The third-order valence-corrected chi connectivity index (χ3v) is 6.08. The Bertz CT molecular complexity index is 697. The highest BCUT2D eigenvalue weighted by molar-refractivity contribution is 8.00. The second-order valence-corrected chi connectivity index (χ2v) is 6.76. The second-order valence-electron chi connectivity index (χ2n) is 3.94. The monoisotopic (exact) mass is 436 g/mol. The molecule has 0 fully saturated rings. The Morgan fingerprint density at radius 3 is 1.67 bits per heavy atom. The molecule has 1 amide bonds. The third kappa shape index (κ3) is 3.79. The highest BCUT2D eigenvalue weighted by atomic mass is 32.2. The van der Waals surface area contributed by atoms with Crippen molar-refractivity contribution in [1.29, 1.82) is 0 Å². The number of nitrogens with one attached hydrogen (secondary N) is 2. The lowest BCUT2D eigenvalue weighted by Crippen LogP contribution is -2.14. The Balaban J connectivity index is 2.65. The van der Waals surface area contributed by atoms with Crippen molar-refractivity contribution in [2.75, 3.05) is 5.32 Å². The summed E-state index contributed by atoms with van der Waals surface area (Å²) in [5.41, 5.74) is -0.417. The number of halogens is 5. The van der Waals surface area contributed by atoms with Crippen LogP contribution >= 0.6 is 60.7 Å². The molecule has 0 spiro atoms. The largest absolute Gasteiger partial charge is 0.357 e. The minimum absolute atomic E-state index is 0.0625. The van der Waals surface area contributed by atoms with Crippen molar-refractivity contribution in [2.45, 2.75) is 24.5 Å². The number of amides is 1. The summed E-state index contributed by atoms with van der Waals surface area (Å²) in [6.45, 7) is 0. The summed E-state index contributed by atoms with van der Waals surface area (Å²) in [5, 5.41) is 2.20. The van der Waals surface area contributed by atoms with Crippen LogP contribution in [0.2, 0.25) is 0 Å². The molecule has 0 unspecified atom stereocenters. The predicted molar refractivity (Wildman–Crippen MR) is 90.0 cm³/mol. The molecule has 0 aliphatic heterocycles. The average molecular weight is 436 g/mol. The molecule has 0 atom stereocenters. The van der Waals surface area contributed by atoms with E-state index in [-0.39, 0.29) is 5.69 Å². The molecule has 0 saturated heterocycles. The number of H-pyrrole nitrogens is 1. The first-order valence-corrected chi connectivity index (χ1v) is 9.32. The molecule has 0 aliphatic rings. The van der Waals surface area contributed by atoms with Gasteiger partial charge in [-0.15, -0.1) is 0 Å². The SMILES string of the molecule is O=C(Nc1c(SF)c(SF)c(SF)c(SF)c1SF)c1ccc[nH]1. The van der Waals surface area contributed by atoms with E-state index < -0.39 is 96.8 Å². The highest BCUT2D eigenvalue weighted by Gasteiger charge is 2.29. The summed E-state index contributed by atoms with van der Waals surface area (Å²) in [6.07, 6.45) is 1.44. The Morgan fingerprint density at radius 1 is 0.833 bits per heavy atom. The van der Waals surface area contributed by atoms with E-state index in [1.807, 2.05) is 0 Å². The third-order valence-electron chi connectivity index (χ3n) is 2.75. The summed E-state index contributed by atoms with van der Waals surface area (Å²) < 4.78 is 66.0. The fraction of sp³-hybridized carbons (Fsp3) is 0. The van der Waals surface area contributed by atoms with Crippen LogP contribution in [0.1, 0.15) is 10.5 Å². The number of rotatable bonds is 7. The lowest BCUT2D eigenvalue weighted by molar-refractivity contribution is 0.102. The van der Waals surface area contributed by atoms with E-state index in [0.29, 0.717) is 0 Å². The quantitative estimate of drug-likeness (QED) is 0.450. The molecule has 13 heteroatoms. The lowest BCUT2D eigenvalue weighted by atomic mass is 10.3. The number of hydrogen-bond donors (Lipinski definition) is 2. The zero-order chi connectivity index (χ0) is 17.7. The van der Waals surface area contributed by atoms with E-state index >= 15 is 0 Å². The van der Waals surface area contributed by atoms with E-state index in [9.17, 15) is 24.2 Å². The van der Waals surface area contributed by atoms with Gasteiger partial charge in [0.1, 0.15) is 5.69 Å². The van der Waals surface area contributed by atoms with Crippen molar-refractivity contribution in [3.8, 4) is 0 Å². The number of benzene rings is 1. The molecular weight excluding hydrogens is 431 g/mol. The molecule has 1 heterocycles. The van der Waals surface area contributed by atoms with Crippen LogP contribution in [0.5, 0.6) is 0 Å². The van der Waals surface area contributed by atoms with Gasteiger partial charge >= 0.3 is 0 Å². The first-order chi connectivity index (χ1) is 11.6. The zero-order valence-corrected chi connectivity index (χ0v) is 15.2. The highest BCUT2D eigenvalue weighted by Crippen LogP contribution is 2.54. The molecule has 3 nitrogen and oxygen atoms in total. The Labute approximate surface area is 155 Å². The smallest absolute Gasteiger partial charge is 0.272 e. The number of carbonyl (C=O) groups is 1. The number of carbonyl (C=O) groups excluding carboxylic acids is 1. The Kier molecular flexibility index (Phi) is 7.53. The van der Waals surface area contributed by atoms with Crippen LogP contribution in [0.15, 0.2) is 42.8 Å². The molecule has 24 heavy (non-hydrogen) atoms. The molecule has 2 rings (SSSR count). The average Bonchev–Trinajstić information content (AvgIpc) is 3.14. The lowest BCUT2D eigenvalue weighted by Gasteiger charge is -2.17. The van der Waals surface area contributed by atoms with E-state index in [0.717, 1.165) is 0 Å². The first-order valence-electron chi connectivity index (χ1n) is 5.74. The Hall–Kier alpha value is -0.630. The maximum Gasteiger partial charge on any atom is 0.272 e. The maximum atomic E-state index is 13.3. The normalized spacial score (nSPS) is 10.9. The van der Waals surface area contributed by atoms with Crippen LogP contribution in [0, 0.1) is 0 Å². The predicted octanol–water partition coefficient (Wildman–Crippen LogP) is 7.15. The van der Waals surface area contributed by atoms with Crippen LogP contribution in [0.4, 0.5) is 25.1 Å². The van der Waals surface area contributed by atoms with Gasteiger partial charge in [0.05, 0.1) is 90.9 Å². The summed E-state index contributed by atoms with van der Waals surface area (Å²) in [4.78, 5) is 11.8. The van der Waals surface area contributed by atoms with Gasteiger partial charge in [0.25, 0.3) is 5.91 Å². The summed E-state index contributed by atoms with van der Waals surface area (Å²) >= 11 is -2.64. The number of anilines is 1. The van der Waals surface area contributed by atoms with Crippen molar-refractivity contribution in [2.24, 2.45) is 0 Å². The van der Waals surface area contributed by atoms with Crippen molar-refractivity contribution in [3.63, 3.8) is 0 Å². The minimum atomic E-state index is -0.782. The van der Waals surface area contributed by atoms with Gasteiger partial charge in [0.15, 0.2) is 0 Å². The number of aromatic amines is 1. The van der Waals surface area contributed by atoms with Gasteiger partial charge in [-0.3, -0.25) is 4.79 Å². The summed E-state index contributed by atoms with van der Waals surface area (Å²) in [6, 6.07) is 2.90. The van der Waals surface area contributed by atoms with Gasteiger partial charge in [0.2, 0.25) is 0 Å². The fourth-order valence-electron chi connectivity index (χ4n) is 1.76. The topological polar surface area (TPSA) is 44.9 Å². The van der Waals surface area contributed by atoms with Gasteiger partial charge in [-0.1, -0.05) is 0 Å². The second kappa shape index (κ2) is 9.17. The van der Waals surface area contributed by atoms with Crippen LogP contribution < -0.4 is 5.32 Å². The van der Waals surface area contributed by atoms with Crippen molar-refractivity contribution in [1.82, 2.24) is 4.98 Å². The standard InChI is InChI=1S/C11H5F5N2OS5/c12-20-6-5(18-11(19)4-2-1-3-17-4)7(21-13)9(23-15)10(24-16)8(6)22-14/h1-3,17H,(H,18,19). The van der Waals surface area contributed by atoms with Crippen molar-refractivity contribution < 1.29 is 24.2 Å². The van der Waals surface area contributed by atoms with E-state index in [4.69, 9.17) is 0 Å². The maximum absolute atomic E-state index is 13.3. The van der Waals surface area contributed by atoms with Crippen LogP contribution in [0.25, 0.3) is 0 Å². The van der Waals surface area contributed by atoms with E-state index in [1.165, 1.54) is 18.3 Å². The molecular formula is C11H5F5N2OS5. The van der Waals surface area contributed by atoms with Gasteiger partial charge in [0, 0.05) is 6.20 Å². The van der Waals surface area contributed by atoms with Gasteiger partial charge in [-0.2, -0.15) is 19.4 Å². The van der Waals surface area contributed by atoms with Crippen LogP contribution in [-0.2, 0) is 0 Å². The molecule has 0 bridgehead atoms. The molecule has 1 aromatic heterocycles. The molecule has 2 aromatic rings. The minimum Gasteiger partial charge on any atom is -0.357 e. The molecule has 0 saturated carbocycles. The first kappa shape index (κ1) is 19.7. The summed E-state index contributed by atoms with van der Waals surface area (Å²) in [5.74, 6) is -0.782. The molecule has 130 valence electrons. The molecule has 0 radical (unpaired) electrons. The van der Waals surface area contributed by atoms with E-state index in [1.54, 1.807) is 0 Å². The van der Waals surface area contributed by atoms with Gasteiger partial charge in [-0.05, 0) is 12.1 Å². The Morgan fingerprint density at radius 2 is 1.29 bits per heavy atom. The zero-order valence-electron chi connectivity index (χ0n) is 11.1. The molecule has 0 aliphatic carbocycles. The van der Waals surface area contributed by atoms with Gasteiger partial charge < -0.3 is 10.3 Å². The number of aromatic nitrogens is 1. The fourth-order valence-corrected chi connectivity index (χ4v) is 4.61. The number of hydrogen-bond acceptors (Lipinski definition) is 6. The van der Waals surface area contributed by atoms with Gasteiger partial charge in [-0.25, -0.2) is 0 Å². The summed E-state index contributed by atoms with van der Waals surface area (Å²) in [7, 11) is 0. The molecule has 1 aromatic carbocycles. The van der Waals surface area contributed by atoms with Crippen molar-refractivity contribution in [3.05, 3.63) is 24.0 Å². The van der Waals surface area contributed by atoms with E-state index in [2.05, 4.69) is 10.3 Å². The van der Waals surface area contributed by atoms with Crippen LogP contribution in [-0.4, -0.2) is 10.9 Å². The van der Waals surface area contributed by atoms with Crippen LogP contribution in [0.3, 0.4) is 0 Å². The van der Waals surface area contributed by atoms with Crippen molar-refractivity contribution >= 4 is 72.3 Å². The molecule has 2 N–H and O–H groups in total.